The molecule has 2 N–H and O–H groups in total. The van der Waals surface area contributed by atoms with Crippen LogP contribution >= 0.6 is 11.3 Å². The minimum absolute atomic E-state index is 0.0391. The van der Waals surface area contributed by atoms with Crippen molar-refractivity contribution in [3.8, 4) is 11.5 Å². The van der Waals surface area contributed by atoms with Crippen molar-refractivity contribution in [2.45, 2.75) is 33.7 Å². The second-order valence-electron chi connectivity index (χ2n) is 5.99. The van der Waals surface area contributed by atoms with Crippen LogP contribution in [0.25, 0.3) is 0 Å². The van der Waals surface area contributed by atoms with Gasteiger partial charge < -0.3 is 14.8 Å². The number of methoxy groups -OCH3 is 1. The highest BCUT2D eigenvalue weighted by atomic mass is 32.1. The predicted molar refractivity (Wildman–Crippen MR) is 101 cm³/mol. The Bertz CT molecular complexity index is 782. The molecule has 1 aromatic heterocycles. The van der Waals surface area contributed by atoms with Gasteiger partial charge in [-0.05, 0) is 45.9 Å². The number of benzene rings is 1. The van der Waals surface area contributed by atoms with Gasteiger partial charge >= 0.3 is 0 Å². The van der Waals surface area contributed by atoms with Gasteiger partial charge in [0.2, 0.25) is 0 Å². The van der Waals surface area contributed by atoms with E-state index in [0.29, 0.717) is 22.2 Å². The summed E-state index contributed by atoms with van der Waals surface area (Å²) in [7, 11) is 1.48. The molecular formula is C18H23N3O4S. The summed E-state index contributed by atoms with van der Waals surface area (Å²) in [5, 5.41) is 6.06. The average Bonchev–Trinajstić information content (AvgIpc) is 2.89. The fourth-order valence-electron chi connectivity index (χ4n) is 2.13. The standard InChI is InChI=1S/C18H23N3O4S/c1-10(2)19-16(22)9-25-14-7-6-13(8-15(14)24-5)17(23)21-18-20-11(3)12(4)26-18/h6-8,10H,9H2,1-5H3,(H,19,22)(H,20,21,23). The number of nitrogens with zero attached hydrogens (tertiary/aromatic N) is 1. The lowest BCUT2D eigenvalue weighted by Gasteiger charge is -2.13. The van der Waals surface area contributed by atoms with E-state index in [1.165, 1.54) is 18.4 Å². The minimum Gasteiger partial charge on any atom is -0.493 e. The van der Waals surface area contributed by atoms with Gasteiger partial charge in [0.05, 0.1) is 12.8 Å². The average molecular weight is 377 g/mol. The number of carbonyl (C=O) groups is 2. The van der Waals surface area contributed by atoms with Crippen molar-refractivity contribution in [1.82, 2.24) is 10.3 Å². The number of amides is 2. The molecule has 0 saturated heterocycles. The third kappa shape index (κ3) is 5.19. The topological polar surface area (TPSA) is 89.6 Å². The molecule has 2 aromatic rings. The number of carbonyl (C=O) groups excluding carboxylic acids is 2. The Labute approximate surface area is 156 Å². The predicted octanol–water partition coefficient (Wildman–Crippen LogP) is 2.92. The summed E-state index contributed by atoms with van der Waals surface area (Å²) in [5.41, 5.74) is 1.30. The van der Waals surface area contributed by atoms with Gasteiger partial charge in [0.25, 0.3) is 11.8 Å². The van der Waals surface area contributed by atoms with Crippen LogP contribution in [0.3, 0.4) is 0 Å². The van der Waals surface area contributed by atoms with Gasteiger partial charge in [0.1, 0.15) is 0 Å². The first-order chi connectivity index (χ1) is 12.3. The Kier molecular flexibility index (Phi) is 6.57. The van der Waals surface area contributed by atoms with E-state index in [0.717, 1.165) is 10.6 Å². The normalized spacial score (nSPS) is 10.5. The van der Waals surface area contributed by atoms with Gasteiger partial charge in [-0.25, -0.2) is 4.98 Å². The number of ether oxygens (including phenoxy) is 2. The van der Waals surface area contributed by atoms with Crippen molar-refractivity contribution in [2.75, 3.05) is 19.0 Å². The summed E-state index contributed by atoms with van der Waals surface area (Å²) in [6.45, 7) is 7.46. The summed E-state index contributed by atoms with van der Waals surface area (Å²) in [6, 6.07) is 4.82. The van der Waals surface area contributed by atoms with E-state index in [2.05, 4.69) is 15.6 Å². The highest BCUT2D eigenvalue weighted by Gasteiger charge is 2.14. The molecule has 0 fully saturated rings. The molecule has 0 aliphatic carbocycles. The van der Waals surface area contributed by atoms with Crippen LogP contribution in [-0.2, 0) is 4.79 Å². The van der Waals surface area contributed by atoms with E-state index in [9.17, 15) is 9.59 Å². The monoisotopic (exact) mass is 377 g/mol. The van der Waals surface area contributed by atoms with Crippen molar-refractivity contribution in [1.29, 1.82) is 0 Å². The molecule has 0 radical (unpaired) electrons. The molecule has 0 saturated carbocycles. The zero-order valence-electron chi connectivity index (χ0n) is 15.5. The molecule has 0 unspecified atom stereocenters. The zero-order chi connectivity index (χ0) is 19.3. The van der Waals surface area contributed by atoms with Crippen LogP contribution in [0.15, 0.2) is 18.2 Å². The van der Waals surface area contributed by atoms with E-state index >= 15 is 0 Å². The van der Waals surface area contributed by atoms with Crippen LogP contribution in [0.4, 0.5) is 5.13 Å². The SMILES string of the molecule is COc1cc(C(=O)Nc2nc(C)c(C)s2)ccc1OCC(=O)NC(C)C. The van der Waals surface area contributed by atoms with Crippen molar-refractivity contribution < 1.29 is 19.1 Å². The maximum absolute atomic E-state index is 12.4. The van der Waals surface area contributed by atoms with Gasteiger partial charge in [0, 0.05) is 16.5 Å². The van der Waals surface area contributed by atoms with Crippen molar-refractivity contribution >= 4 is 28.3 Å². The highest BCUT2D eigenvalue weighted by molar-refractivity contribution is 7.15. The molecule has 0 aliphatic rings. The number of thiazole rings is 1. The van der Waals surface area contributed by atoms with Gasteiger partial charge in [-0.2, -0.15) is 0 Å². The molecule has 140 valence electrons. The molecule has 7 nitrogen and oxygen atoms in total. The summed E-state index contributed by atoms with van der Waals surface area (Å²) >= 11 is 1.42. The third-order valence-corrected chi connectivity index (χ3v) is 4.47. The number of aromatic nitrogens is 1. The summed E-state index contributed by atoms with van der Waals surface area (Å²) in [5.74, 6) is 0.255. The lowest BCUT2D eigenvalue weighted by Crippen LogP contribution is -2.34. The van der Waals surface area contributed by atoms with Crippen LogP contribution in [-0.4, -0.2) is 36.6 Å². The number of aryl methyl sites for hydroxylation is 2. The summed E-state index contributed by atoms with van der Waals surface area (Å²) in [6.07, 6.45) is 0. The maximum atomic E-state index is 12.4. The van der Waals surface area contributed by atoms with Crippen molar-refractivity contribution in [3.05, 3.63) is 34.3 Å². The van der Waals surface area contributed by atoms with Gasteiger partial charge in [-0.1, -0.05) is 0 Å². The molecule has 2 rings (SSSR count). The van der Waals surface area contributed by atoms with Crippen LogP contribution in [0.1, 0.15) is 34.8 Å². The molecule has 0 bridgehead atoms. The first-order valence-corrected chi connectivity index (χ1v) is 8.97. The Morgan fingerprint density at radius 1 is 1.23 bits per heavy atom. The van der Waals surface area contributed by atoms with Gasteiger partial charge in [-0.15, -0.1) is 11.3 Å². The number of nitrogens with one attached hydrogen (secondary N) is 2. The molecule has 1 heterocycles. The molecular weight excluding hydrogens is 354 g/mol. The summed E-state index contributed by atoms with van der Waals surface area (Å²) in [4.78, 5) is 29.4. The second kappa shape index (κ2) is 8.66. The van der Waals surface area contributed by atoms with Crippen molar-refractivity contribution in [3.63, 3.8) is 0 Å². The fraction of sp³-hybridized carbons (Fsp3) is 0.389. The van der Waals surface area contributed by atoms with Crippen LogP contribution in [0, 0.1) is 13.8 Å². The molecule has 0 atom stereocenters. The lowest BCUT2D eigenvalue weighted by molar-refractivity contribution is -0.123. The van der Waals surface area contributed by atoms with Gasteiger partial charge in [-0.3, -0.25) is 14.9 Å². The molecule has 0 spiro atoms. The first kappa shape index (κ1) is 19.7. The number of hydrogen-bond donors (Lipinski definition) is 2. The van der Waals surface area contributed by atoms with E-state index in [4.69, 9.17) is 9.47 Å². The Balaban J connectivity index is 2.07. The fourth-order valence-corrected chi connectivity index (χ4v) is 2.94. The molecule has 26 heavy (non-hydrogen) atoms. The first-order valence-electron chi connectivity index (χ1n) is 8.15. The Hall–Kier alpha value is -2.61. The minimum atomic E-state index is -0.291. The van der Waals surface area contributed by atoms with Gasteiger partial charge in [0.15, 0.2) is 23.2 Å². The summed E-state index contributed by atoms with van der Waals surface area (Å²) < 4.78 is 10.8. The van der Waals surface area contributed by atoms with E-state index in [1.807, 2.05) is 27.7 Å². The third-order valence-electron chi connectivity index (χ3n) is 3.48. The maximum Gasteiger partial charge on any atom is 0.258 e. The van der Waals surface area contributed by atoms with E-state index < -0.39 is 0 Å². The molecule has 2 amide bonds. The number of rotatable bonds is 7. The van der Waals surface area contributed by atoms with Crippen LogP contribution in [0.2, 0.25) is 0 Å². The largest absolute Gasteiger partial charge is 0.493 e. The Morgan fingerprint density at radius 2 is 1.96 bits per heavy atom. The van der Waals surface area contributed by atoms with E-state index in [-0.39, 0.29) is 24.5 Å². The molecule has 8 heteroatoms. The van der Waals surface area contributed by atoms with Crippen molar-refractivity contribution in [2.24, 2.45) is 0 Å². The number of hydrogen-bond acceptors (Lipinski definition) is 6. The Morgan fingerprint density at radius 3 is 2.54 bits per heavy atom. The number of anilines is 1. The smallest absolute Gasteiger partial charge is 0.258 e. The lowest BCUT2D eigenvalue weighted by atomic mass is 10.2. The van der Waals surface area contributed by atoms with E-state index in [1.54, 1.807) is 18.2 Å². The zero-order valence-corrected chi connectivity index (χ0v) is 16.3. The quantitative estimate of drug-likeness (QED) is 0.774. The molecule has 0 aliphatic heterocycles. The second-order valence-corrected chi connectivity index (χ2v) is 7.19. The van der Waals surface area contributed by atoms with Crippen LogP contribution < -0.4 is 20.1 Å². The highest BCUT2D eigenvalue weighted by Crippen LogP contribution is 2.29. The van der Waals surface area contributed by atoms with Crippen LogP contribution in [0.5, 0.6) is 11.5 Å². The molecule has 1 aromatic carbocycles.